The maximum absolute atomic E-state index is 11.4. The summed E-state index contributed by atoms with van der Waals surface area (Å²) in [5, 5.41) is 10.9. The van der Waals surface area contributed by atoms with Crippen molar-refractivity contribution in [2.24, 2.45) is 0 Å². The van der Waals surface area contributed by atoms with Gasteiger partial charge in [0.05, 0.1) is 0 Å². The number of amides is 3. The van der Waals surface area contributed by atoms with Crippen molar-refractivity contribution in [3.8, 4) is 0 Å². The van der Waals surface area contributed by atoms with Gasteiger partial charge in [-0.05, 0) is 12.8 Å². The lowest BCUT2D eigenvalue weighted by molar-refractivity contribution is -0.137. The highest BCUT2D eigenvalue weighted by Crippen LogP contribution is 2.14. The van der Waals surface area contributed by atoms with Gasteiger partial charge in [-0.15, -0.1) is 0 Å². The van der Waals surface area contributed by atoms with Crippen LogP contribution in [-0.4, -0.2) is 41.0 Å². The molecule has 6 heteroatoms. The van der Waals surface area contributed by atoms with Crippen molar-refractivity contribution >= 4 is 17.9 Å². The number of unbranched alkanes of at least 4 members (excludes halogenated alkanes) is 14. The second-order valence-corrected chi connectivity index (χ2v) is 7.72. The van der Waals surface area contributed by atoms with Gasteiger partial charge in [0, 0.05) is 13.0 Å². The largest absolute Gasteiger partial charge is 0.481 e. The lowest BCUT2D eigenvalue weighted by Crippen LogP contribution is -2.29. The van der Waals surface area contributed by atoms with Gasteiger partial charge in [-0.2, -0.15) is 0 Å². The molecule has 0 bridgehead atoms. The van der Waals surface area contributed by atoms with Crippen molar-refractivity contribution in [2.45, 2.75) is 103 Å². The number of nitrogens with zero attached hydrogens (tertiary/aromatic N) is 1. The zero-order chi connectivity index (χ0) is 19.7. The average molecular weight is 383 g/mol. The maximum Gasteiger partial charge on any atom is 0.324 e. The van der Waals surface area contributed by atoms with Gasteiger partial charge in [0.25, 0.3) is 0 Å². The van der Waals surface area contributed by atoms with Gasteiger partial charge < -0.3 is 10.0 Å². The van der Waals surface area contributed by atoms with Gasteiger partial charge in [-0.3, -0.25) is 14.9 Å². The number of carbonyl (C=O) groups excluding carboxylic acids is 2. The van der Waals surface area contributed by atoms with E-state index in [1.54, 1.807) is 4.90 Å². The van der Waals surface area contributed by atoms with Gasteiger partial charge in [0.15, 0.2) is 0 Å². The van der Waals surface area contributed by atoms with Gasteiger partial charge in [0.1, 0.15) is 6.54 Å². The standard InChI is InChI=1S/C21H38N2O4/c24-19-18-23(21(27)22-19)17-15-13-11-9-7-5-3-1-2-4-6-8-10-12-14-16-20(25)26/h1-18H2,(H,25,26)(H,22,24,27). The van der Waals surface area contributed by atoms with E-state index in [0.717, 1.165) is 25.7 Å². The number of urea groups is 1. The molecular weight excluding hydrogens is 344 g/mol. The lowest BCUT2D eigenvalue weighted by Gasteiger charge is -2.12. The molecule has 0 aromatic rings. The van der Waals surface area contributed by atoms with Crippen LogP contribution in [0.1, 0.15) is 103 Å². The van der Waals surface area contributed by atoms with E-state index in [2.05, 4.69) is 5.32 Å². The maximum atomic E-state index is 11.4. The first-order chi connectivity index (χ1) is 13.1. The van der Waals surface area contributed by atoms with E-state index in [1.165, 1.54) is 70.6 Å². The zero-order valence-corrected chi connectivity index (χ0v) is 16.8. The molecule has 1 rings (SSSR count). The van der Waals surface area contributed by atoms with Gasteiger partial charge in [-0.25, -0.2) is 4.79 Å². The molecule has 1 saturated heterocycles. The summed E-state index contributed by atoms with van der Waals surface area (Å²) in [5.41, 5.74) is 0. The minimum Gasteiger partial charge on any atom is -0.481 e. The fourth-order valence-corrected chi connectivity index (χ4v) is 3.54. The summed E-state index contributed by atoms with van der Waals surface area (Å²) >= 11 is 0. The first kappa shape index (κ1) is 23.4. The molecule has 1 fully saturated rings. The summed E-state index contributed by atoms with van der Waals surface area (Å²) in [7, 11) is 0. The Hall–Kier alpha value is -1.59. The molecule has 27 heavy (non-hydrogen) atoms. The first-order valence-electron chi connectivity index (χ1n) is 10.9. The van der Waals surface area contributed by atoms with Gasteiger partial charge in [-0.1, -0.05) is 83.5 Å². The number of rotatable bonds is 18. The van der Waals surface area contributed by atoms with Crippen molar-refractivity contribution in [3.05, 3.63) is 0 Å². The molecule has 0 saturated carbocycles. The van der Waals surface area contributed by atoms with E-state index < -0.39 is 5.97 Å². The van der Waals surface area contributed by atoms with Crippen LogP contribution in [0.3, 0.4) is 0 Å². The Morgan fingerprint density at radius 3 is 1.52 bits per heavy atom. The smallest absolute Gasteiger partial charge is 0.324 e. The summed E-state index contributed by atoms with van der Waals surface area (Å²) in [4.78, 5) is 34.4. The molecule has 0 radical (unpaired) electrons. The number of carboxylic acid groups (broad SMARTS) is 1. The Kier molecular flexibility index (Phi) is 13.4. The Labute approximate surface area is 164 Å². The van der Waals surface area contributed by atoms with E-state index in [9.17, 15) is 14.4 Å². The Balaban J connectivity index is 1.71. The molecule has 3 amide bonds. The van der Waals surface area contributed by atoms with Crippen molar-refractivity contribution in [1.29, 1.82) is 0 Å². The molecule has 0 aromatic carbocycles. The summed E-state index contributed by atoms with van der Waals surface area (Å²) in [6.07, 6.45) is 18.4. The van der Waals surface area contributed by atoms with Crippen LogP contribution in [-0.2, 0) is 9.59 Å². The fraction of sp³-hybridized carbons (Fsp3) is 0.857. The molecule has 2 N–H and O–H groups in total. The van der Waals surface area contributed by atoms with E-state index >= 15 is 0 Å². The Morgan fingerprint density at radius 2 is 1.15 bits per heavy atom. The summed E-state index contributed by atoms with van der Waals surface area (Å²) in [6.45, 7) is 0.917. The van der Waals surface area contributed by atoms with Gasteiger partial charge in [0.2, 0.25) is 5.91 Å². The number of carboxylic acids is 1. The number of carbonyl (C=O) groups is 3. The molecule has 0 atom stereocenters. The second-order valence-electron chi connectivity index (χ2n) is 7.72. The summed E-state index contributed by atoms with van der Waals surface area (Å²) < 4.78 is 0. The molecule has 6 nitrogen and oxygen atoms in total. The summed E-state index contributed by atoms with van der Waals surface area (Å²) in [6, 6.07) is -0.238. The van der Waals surface area contributed by atoms with Crippen LogP contribution in [0.15, 0.2) is 0 Å². The third-order valence-electron chi connectivity index (χ3n) is 5.19. The zero-order valence-electron chi connectivity index (χ0n) is 16.8. The Morgan fingerprint density at radius 1 is 0.741 bits per heavy atom. The SMILES string of the molecule is O=C(O)CCCCCCCCCCCCCCCCCN1CC(=O)NC1=O. The molecule has 156 valence electrons. The number of hydrogen-bond acceptors (Lipinski definition) is 3. The van der Waals surface area contributed by atoms with Crippen molar-refractivity contribution in [3.63, 3.8) is 0 Å². The fourth-order valence-electron chi connectivity index (χ4n) is 3.54. The Bertz CT molecular complexity index is 440. The van der Waals surface area contributed by atoms with Crippen LogP contribution < -0.4 is 5.32 Å². The highest BCUT2D eigenvalue weighted by atomic mass is 16.4. The van der Waals surface area contributed by atoms with E-state index in [0.29, 0.717) is 13.0 Å². The molecule has 1 aliphatic heterocycles. The first-order valence-corrected chi connectivity index (χ1v) is 10.9. The van der Waals surface area contributed by atoms with E-state index in [4.69, 9.17) is 5.11 Å². The van der Waals surface area contributed by atoms with Crippen LogP contribution in [0.4, 0.5) is 4.79 Å². The van der Waals surface area contributed by atoms with Crippen molar-refractivity contribution in [1.82, 2.24) is 10.2 Å². The van der Waals surface area contributed by atoms with Crippen molar-refractivity contribution in [2.75, 3.05) is 13.1 Å². The molecule has 0 aliphatic carbocycles. The second kappa shape index (κ2) is 15.5. The predicted octanol–water partition coefficient (Wildman–Crippen LogP) is 4.86. The number of aliphatic carboxylic acids is 1. The van der Waals surface area contributed by atoms with Crippen molar-refractivity contribution < 1.29 is 19.5 Å². The number of imide groups is 1. The molecule has 0 aromatic heterocycles. The number of nitrogens with one attached hydrogen (secondary N) is 1. The van der Waals surface area contributed by atoms with Crippen LogP contribution >= 0.6 is 0 Å². The third kappa shape index (κ3) is 13.3. The highest BCUT2D eigenvalue weighted by molar-refractivity contribution is 6.01. The quantitative estimate of drug-likeness (QED) is 0.262. The van der Waals surface area contributed by atoms with Crippen LogP contribution in [0.25, 0.3) is 0 Å². The minimum absolute atomic E-state index is 0.185. The lowest BCUT2D eigenvalue weighted by atomic mass is 10.0. The van der Waals surface area contributed by atoms with E-state index in [1.807, 2.05) is 0 Å². The molecule has 0 unspecified atom stereocenters. The molecule has 1 aliphatic rings. The topological polar surface area (TPSA) is 86.7 Å². The normalized spacial score (nSPS) is 14.0. The monoisotopic (exact) mass is 382 g/mol. The van der Waals surface area contributed by atoms with Crippen LogP contribution in [0, 0.1) is 0 Å². The third-order valence-corrected chi connectivity index (χ3v) is 5.19. The average Bonchev–Trinajstić information content (AvgIpc) is 2.94. The minimum atomic E-state index is -0.677. The summed E-state index contributed by atoms with van der Waals surface area (Å²) in [5.74, 6) is -0.862. The molecule has 0 spiro atoms. The van der Waals surface area contributed by atoms with Crippen LogP contribution in [0.5, 0.6) is 0 Å². The predicted molar refractivity (Wildman–Crippen MR) is 107 cm³/mol. The molecule has 1 heterocycles. The molecular formula is C21H38N2O4. The van der Waals surface area contributed by atoms with Crippen LogP contribution in [0.2, 0.25) is 0 Å². The highest BCUT2D eigenvalue weighted by Gasteiger charge is 2.25. The van der Waals surface area contributed by atoms with Gasteiger partial charge >= 0.3 is 12.0 Å². The van der Waals surface area contributed by atoms with E-state index in [-0.39, 0.29) is 18.5 Å². The number of hydrogen-bond donors (Lipinski definition) is 2.